The number of allylic oxidation sites excluding steroid dienone is 5. The first-order valence-corrected chi connectivity index (χ1v) is 9.94. The lowest BCUT2D eigenvalue weighted by Crippen LogP contribution is -2.45. The fourth-order valence-corrected chi connectivity index (χ4v) is 5.35. The van der Waals surface area contributed by atoms with Crippen LogP contribution in [0.15, 0.2) is 35.6 Å². The molecule has 148 valence electrons. The summed E-state index contributed by atoms with van der Waals surface area (Å²) >= 11 is 0. The Kier molecular flexibility index (Phi) is 5.35. The van der Waals surface area contributed by atoms with Gasteiger partial charge in [0.05, 0.1) is 6.61 Å². The minimum atomic E-state index is -0.903. The maximum absolute atomic E-state index is 12.8. The summed E-state index contributed by atoms with van der Waals surface area (Å²) in [7, 11) is 1.50. The summed E-state index contributed by atoms with van der Waals surface area (Å²) in [6.45, 7) is 5.75. The second-order valence-corrected chi connectivity index (χ2v) is 8.61. The second-order valence-electron chi connectivity index (χ2n) is 8.61. The Morgan fingerprint density at radius 2 is 2.04 bits per heavy atom. The lowest BCUT2D eigenvalue weighted by molar-refractivity contribution is -0.126. The molecule has 0 aromatic heterocycles. The highest BCUT2D eigenvalue weighted by atomic mass is 16.3. The van der Waals surface area contributed by atoms with Crippen molar-refractivity contribution in [3.05, 3.63) is 35.6 Å². The monoisotopic (exact) mass is 373 g/mol. The first-order valence-electron chi connectivity index (χ1n) is 9.94. The molecule has 1 aliphatic heterocycles. The number of hydrogen-bond acceptors (Lipinski definition) is 4. The fourth-order valence-electron chi connectivity index (χ4n) is 5.35. The molecule has 0 bridgehead atoms. The standard InChI is InChI=1S/C22H31NO4/c1-5-6-15-9-8-14-11-13(2)7-10-16(14)22(15,3)20(26)18-19(25)17(12-24)23(4)21(18)27/h5-6,8-9,13-17,24,26H,7,10-12H2,1-4H3/b6-5+,20-18+/t13-,14+,15-,16-,17-,22-/m0/s1. The van der Waals surface area contributed by atoms with Crippen LogP contribution in [-0.4, -0.2) is 46.5 Å². The maximum atomic E-state index is 12.8. The van der Waals surface area contributed by atoms with Crippen molar-refractivity contribution < 1.29 is 19.8 Å². The lowest BCUT2D eigenvalue weighted by Gasteiger charge is -2.50. The summed E-state index contributed by atoms with van der Waals surface area (Å²) in [4.78, 5) is 26.7. The Balaban J connectivity index is 2.14. The molecule has 2 aliphatic carbocycles. The van der Waals surface area contributed by atoms with Gasteiger partial charge in [-0.3, -0.25) is 9.59 Å². The van der Waals surface area contributed by atoms with Crippen molar-refractivity contribution in [2.45, 2.75) is 46.1 Å². The van der Waals surface area contributed by atoms with Gasteiger partial charge in [-0.15, -0.1) is 0 Å². The molecule has 2 fully saturated rings. The molecule has 3 rings (SSSR count). The number of likely N-dealkylation sites (N-methyl/N-ethyl adjacent to an activating group) is 1. The van der Waals surface area contributed by atoms with Crippen LogP contribution in [0.25, 0.3) is 0 Å². The SMILES string of the molecule is C/C=C/[C@H]1C=C[C@@H]2C[C@@H](C)CC[C@@H]2[C@@]1(C)/C(O)=C1/C(=O)[C@H](CO)N(C)C1=O. The molecule has 0 spiro atoms. The molecule has 1 heterocycles. The van der Waals surface area contributed by atoms with Gasteiger partial charge in [0, 0.05) is 18.4 Å². The number of fused-ring (bicyclic) bond motifs is 1. The van der Waals surface area contributed by atoms with Crippen LogP contribution in [0.1, 0.15) is 40.0 Å². The van der Waals surface area contributed by atoms with Gasteiger partial charge in [-0.1, -0.05) is 44.6 Å². The van der Waals surface area contributed by atoms with E-state index in [0.717, 1.165) is 19.3 Å². The van der Waals surface area contributed by atoms with Gasteiger partial charge in [-0.05, 0) is 37.5 Å². The molecule has 1 amide bonds. The van der Waals surface area contributed by atoms with Gasteiger partial charge in [0.15, 0.2) is 5.78 Å². The zero-order valence-electron chi connectivity index (χ0n) is 16.7. The van der Waals surface area contributed by atoms with E-state index in [1.807, 2.05) is 26.0 Å². The van der Waals surface area contributed by atoms with E-state index in [9.17, 15) is 19.8 Å². The molecule has 1 saturated heterocycles. The normalized spacial score (nSPS) is 41.4. The number of nitrogens with zero attached hydrogens (tertiary/aromatic N) is 1. The van der Waals surface area contributed by atoms with E-state index in [2.05, 4.69) is 19.1 Å². The molecule has 0 aromatic carbocycles. The highest BCUT2D eigenvalue weighted by Gasteiger charge is 2.53. The molecule has 3 aliphatic rings. The first-order chi connectivity index (χ1) is 12.8. The molecule has 1 saturated carbocycles. The lowest BCUT2D eigenvalue weighted by atomic mass is 9.54. The van der Waals surface area contributed by atoms with E-state index < -0.39 is 29.8 Å². The van der Waals surface area contributed by atoms with E-state index >= 15 is 0 Å². The maximum Gasteiger partial charge on any atom is 0.261 e. The number of rotatable bonds is 3. The summed E-state index contributed by atoms with van der Waals surface area (Å²) in [6, 6.07) is -0.903. The summed E-state index contributed by atoms with van der Waals surface area (Å²) in [5.74, 6) is -0.00752. The number of hydrogen-bond donors (Lipinski definition) is 2. The molecule has 0 aromatic rings. The third-order valence-electron chi connectivity index (χ3n) is 7.06. The van der Waals surface area contributed by atoms with Crippen molar-refractivity contribution in [2.24, 2.45) is 29.1 Å². The van der Waals surface area contributed by atoms with Crippen molar-refractivity contribution in [2.75, 3.05) is 13.7 Å². The quantitative estimate of drug-likeness (QED) is 0.345. The molecule has 2 N–H and O–H groups in total. The van der Waals surface area contributed by atoms with E-state index in [-0.39, 0.29) is 23.2 Å². The van der Waals surface area contributed by atoms with Crippen LogP contribution in [0.3, 0.4) is 0 Å². The molecule has 27 heavy (non-hydrogen) atoms. The zero-order valence-corrected chi connectivity index (χ0v) is 16.7. The van der Waals surface area contributed by atoms with E-state index in [1.165, 1.54) is 11.9 Å². The number of amides is 1. The Bertz CT molecular complexity index is 722. The Labute approximate surface area is 161 Å². The van der Waals surface area contributed by atoms with Crippen LogP contribution in [0, 0.1) is 29.1 Å². The molecule has 6 atom stereocenters. The fraction of sp³-hybridized carbons (Fsp3) is 0.636. The van der Waals surface area contributed by atoms with Gasteiger partial charge in [0.25, 0.3) is 5.91 Å². The predicted octanol–water partition coefficient (Wildman–Crippen LogP) is 3.02. The zero-order chi connectivity index (χ0) is 19.9. The third-order valence-corrected chi connectivity index (χ3v) is 7.06. The predicted molar refractivity (Wildman–Crippen MR) is 104 cm³/mol. The van der Waals surface area contributed by atoms with Crippen LogP contribution in [0.5, 0.6) is 0 Å². The van der Waals surface area contributed by atoms with Crippen molar-refractivity contribution in [1.82, 2.24) is 4.90 Å². The minimum absolute atomic E-state index is 0.0799. The van der Waals surface area contributed by atoms with Crippen LogP contribution in [0.2, 0.25) is 0 Å². The molecule has 5 heteroatoms. The highest BCUT2D eigenvalue weighted by Crippen LogP contribution is 2.56. The van der Waals surface area contributed by atoms with Gasteiger partial charge < -0.3 is 15.1 Å². The van der Waals surface area contributed by atoms with Crippen LogP contribution < -0.4 is 0 Å². The van der Waals surface area contributed by atoms with Gasteiger partial charge in [-0.25, -0.2) is 0 Å². The molecule has 5 nitrogen and oxygen atoms in total. The van der Waals surface area contributed by atoms with Crippen LogP contribution in [-0.2, 0) is 9.59 Å². The molecule has 0 unspecified atom stereocenters. The second kappa shape index (κ2) is 7.27. The average molecular weight is 373 g/mol. The molecular formula is C22H31NO4. The molecular weight excluding hydrogens is 342 g/mol. The minimum Gasteiger partial charge on any atom is -0.511 e. The number of likely N-dealkylation sites (tertiary alicyclic amines) is 1. The number of carbonyl (C=O) groups is 2. The Morgan fingerprint density at radius 3 is 2.63 bits per heavy atom. The van der Waals surface area contributed by atoms with E-state index in [4.69, 9.17) is 0 Å². The number of aliphatic hydroxyl groups excluding tert-OH is 2. The summed E-state index contributed by atoms with van der Waals surface area (Å²) < 4.78 is 0. The van der Waals surface area contributed by atoms with Gasteiger partial charge in [0.2, 0.25) is 0 Å². The van der Waals surface area contributed by atoms with Crippen molar-refractivity contribution in [3.63, 3.8) is 0 Å². The highest BCUT2D eigenvalue weighted by molar-refractivity contribution is 6.26. The van der Waals surface area contributed by atoms with Gasteiger partial charge in [0.1, 0.15) is 17.4 Å². The van der Waals surface area contributed by atoms with E-state index in [0.29, 0.717) is 11.8 Å². The number of aliphatic hydroxyl groups is 2. The molecule has 0 radical (unpaired) electrons. The summed E-state index contributed by atoms with van der Waals surface area (Å²) in [5.41, 5.74) is -0.848. The number of Topliss-reactive ketones (excluding diaryl/α,β-unsaturated/α-hetero) is 1. The van der Waals surface area contributed by atoms with Crippen molar-refractivity contribution >= 4 is 11.7 Å². The first kappa shape index (κ1) is 19.9. The van der Waals surface area contributed by atoms with Crippen molar-refractivity contribution in [3.8, 4) is 0 Å². The Hall–Kier alpha value is -1.88. The largest absolute Gasteiger partial charge is 0.511 e. The summed E-state index contributed by atoms with van der Waals surface area (Å²) in [5, 5.41) is 20.9. The van der Waals surface area contributed by atoms with Crippen molar-refractivity contribution in [1.29, 1.82) is 0 Å². The number of ketones is 1. The van der Waals surface area contributed by atoms with Gasteiger partial charge in [-0.2, -0.15) is 0 Å². The van der Waals surface area contributed by atoms with Crippen LogP contribution in [0.4, 0.5) is 0 Å². The topological polar surface area (TPSA) is 77.8 Å². The Morgan fingerprint density at radius 1 is 1.33 bits per heavy atom. The number of carbonyl (C=O) groups excluding carboxylic acids is 2. The summed E-state index contributed by atoms with van der Waals surface area (Å²) in [6.07, 6.45) is 11.5. The van der Waals surface area contributed by atoms with Crippen LogP contribution >= 0.6 is 0 Å². The van der Waals surface area contributed by atoms with Gasteiger partial charge >= 0.3 is 0 Å². The third kappa shape index (κ3) is 2.96. The average Bonchev–Trinajstić information content (AvgIpc) is 2.85. The smallest absolute Gasteiger partial charge is 0.261 e. The van der Waals surface area contributed by atoms with E-state index in [1.54, 1.807) is 0 Å².